The van der Waals surface area contributed by atoms with Gasteiger partial charge >= 0.3 is 5.97 Å². The molecule has 1 aromatic rings. The number of ether oxygens (including phenoxy) is 1. The number of Topliss-reactive ketones (excluding diaryl/α,β-unsaturated/α-hetero) is 1. The van der Waals surface area contributed by atoms with Gasteiger partial charge in [-0.25, -0.2) is 0 Å². The summed E-state index contributed by atoms with van der Waals surface area (Å²) in [6.07, 6.45) is 1.55. The van der Waals surface area contributed by atoms with Crippen LogP contribution in [0.2, 0.25) is 0 Å². The maximum Gasteiger partial charge on any atom is 0.320 e. The molecule has 0 saturated carbocycles. The molecule has 0 bridgehead atoms. The monoisotopic (exact) mass is 277 g/mol. The van der Waals surface area contributed by atoms with Crippen molar-refractivity contribution in [2.75, 3.05) is 13.7 Å². The lowest BCUT2D eigenvalue weighted by atomic mass is 10.1. The normalized spacial score (nSPS) is 19.0. The van der Waals surface area contributed by atoms with Crippen LogP contribution in [-0.4, -0.2) is 41.5 Å². The van der Waals surface area contributed by atoms with E-state index in [0.29, 0.717) is 24.3 Å². The van der Waals surface area contributed by atoms with E-state index >= 15 is 0 Å². The van der Waals surface area contributed by atoms with Crippen molar-refractivity contribution < 1.29 is 19.4 Å². The lowest BCUT2D eigenvalue weighted by Crippen LogP contribution is -2.35. The molecule has 108 valence electrons. The second-order valence-electron chi connectivity index (χ2n) is 5.05. The van der Waals surface area contributed by atoms with Crippen molar-refractivity contribution in [2.45, 2.75) is 32.4 Å². The van der Waals surface area contributed by atoms with Crippen molar-refractivity contribution in [1.82, 2.24) is 4.90 Å². The van der Waals surface area contributed by atoms with Gasteiger partial charge in [-0.05, 0) is 44.5 Å². The third-order valence-electron chi connectivity index (χ3n) is 3.71. The Kier molecular flexibility index (Phi) is 4.39. The van der Waals surface area contributed by atoms with Crippen molar-refractivity contribution >= 4 is 11.8 Å². The topological polar surface area (TPSA) is 66.8 Å². The number of rotatable bonds is 5. The van der Waals surface area contributed by atoms with Gasteiger partial charge in [0.1, 0.15) is 11.8 Å². The van der Waals surface area contributed by atoms with Crippen LogP contribution >= 0.6 is 0 Å². The maximum absolute atomic E-state index is 11.5. The molecule has 1 saturated heterocycles. The number of ketones is 1. The first kappa shape index (κ1) is 14.5. The molecule has 0 aromatic heterocycles. The van der Waals surface area contributed by atoms with Gasteiger partial charge in [-0.1, -0.05) is 0 Å². The highest BCUT2D eigenvalue weighted by Gasteiger charge is 2.30. The molecule has 1 N–H and O–H groups in total. The zero-order valence-corrected chi connectivity index (χ0v) is 11.8. The summed E-state index contributed by atoms with van der Waals surface area (Å²) in [7, 11) is 1.57. The fraction of sp³-hybridized carbons (Fsp3) is 0.467. The van der Waals surface area contributed by atoms with Crippen LogP contribution in [0.25, 0.3) is 0 Å². The number of nitrogens with zero attached hydrogens (tertiary/aromatic N) is 1. The molecular formula is C15H19NO4. The smallest absolute Gasteiger partial charge is 0.320 e. The molecule has 0 radical (unpaired) electrons. The van der Waals surface area contributed by atoms with Crippen LogP contribution in [0.1, 0.15) is 35.7 Å². The van der Waals surface area contributed by atoms with Gasteiger partial charge < -0.3 is 9.84 Å². The van der Waals surface area contributed by atoms with Crippen LogP contribution in [0.15, 0.2) is 18.2 Å². The number of methoxy groups -OCH3 is 1. The van der Waals surface area contributed by atoms with Crippen molar-refractivity contribution in [3.63, 3.8) is 0 Å². The highest BCUT2D eigenvalue weighted by atomic mass is 16.5. The Morgan fingerprint density at radius 2 is 2.20 bits per heavy atom. The Labute approximate surface area is 118 Å². The molecular weight excluding hydrogens is 258 g/mol. The Balaban J connectivity index is 2.25. The molecule has 5 heteroatoms. The van der Waals surface area contributed by atoms with E-state index in [2.05, 4.69) is 0 Å². The summed E-state index contributed by atoms with van der Waals surface area (Å²) < 4.78 is 5.30. The molecule has 1 aliphatic heterocycles. The minimum atomic E-state index is -0.788. The average molecular weight is 277 g/mol. The fourth-order valence-corrected chi connectivity index (χ4v) is 2.63. The van der Waals surface area contributed by atoms with Gasteiger partial charge in [-0.15, -0.1) is 0 Å². The number of aliphatic carboxylic acids is 1. The van der Waals surface area contributed by atoms with E-state index in [1.165, 1.54) is 6.92 Å². The standard InChI is InChI=1S/C15H19NO4/c1-10(17)11-5-6-14(20-2)12(8-11)9-16-7-3-4-13(16)15(18)19/h5-6,8,13H,3-4,7,9H2,1-2H3,(H,18,19). The van der Waals surface area contributed by atoms with E-state index in [0.717, 1.165) is 18.5 Å². The number of carbonyl (C=O) groups excluding carboxylic acids is 1. The van der Waals surface area contributed by atoms with Gasteiger partial charge in [-0.2, -0.15) is 0 Å². The van der Waals surface area contributed by atoms with Crippen LogP contribution in [0.4, 0.5) is 0 Å². The number of benzene rings is 1. The Hall–Kier alpha value is -1.88. The largest absolute Gasteiger partial charge is 0.496 e. The zero-order valence-electron chi connectivity index (χ0n) is 11.8. The van der Waals surface area contributed by atoms with Gasteiger partial charge in [0, 0.05) is 17.7 Å². The summed E-state index contributed by atoms with van der Waals surface area (Å²) in [5, 5.41) is 9.20. The van der Waals surface area contributed by atoms with Gasteiger partial charge in [0.2, 0.25) is 0 Å². The van der Waals surface area contributed by atoms with Crippen molar-refractivity contribution in [2.24, 2.45) is 0 Å². The molecule has 0 aliphatic carbocycles. The number of carbonyl (C=O) groups is 2. The van der Waals surface area contributed by atoms with Crippen LogP contribution in [0, 0.1) is 0 Å². The molecule has 0 spiro atoms. The van der Waals surface area contributed by atoms with Crippen LogP contribution in [0.3, 0.4) is 0 Å². The molecule has 1 aromatic carbocycles. The molecule has 1 unspecified atom stereocenters. The SMILES string of the molecule is COc1ccc(C(C)=O)cc1CN1CCCC1C(=O)O. The van der Waals surface area contributed by atoms with Gasteiger partial charge in [0.15, 0.2) is 5.78 Å². The van der Waals surface area contributed by atoms with E-state index in [1.54, 1.807) is 25.3 Å². The zero-order chi connectivity index (χ0) is 14.7. The predicted octanol–water partition coefficient (Wildman–Crippen LogP) is 1.95. The second kappa shape index (κ2) is 6.05. The summed E-state index contributed by atoms with van der Waals surface area (Å²) in [6.45, 7) is 2.76. The quantitative estimate of drug-likeness (QED) is 0.833. The summed E-state index contributed by atoms with van der Waals surface area (Å²) in [5.41, 5.74) is 1.47. The number of hydrogen-bond acceptors (Lipinski definition) is 4. The van der Waals surface area contributed by atoms with Crippen molar-refractivity contribution in [1.29, 1.82) is 0 Å². The summed E-state index contributed by atoms with van der Waals surface area (Å²) in [6, 6.07) is 4.83. The minimum Gasteiger partial charge on any atom is -0.496 e. The molecule has 2 rings (SSSR count). The van der Waals surface area contributed by atoms with E-state index < -0.39 is 12.0 Å². The molecule has 1 heterocycles. The van der Waals surface area contributed by atoms with E-state index in [1.807, 2.05) is 4.90 Å². The predicted molar refractivity (Wildman–Crippen MR) is 74.1 cm³/mol. The molecule has 1 aliphatic rings. The molecule has 5 nitrogen and oxygen atoms in total. The van der Waals surface area contributed by atoms with Gasteiger partial charge in [0.05, 0.1) is 7.11 Å². The number of carboxylic acid groups (broad SMARTS) is 1. The van der Waals surface area contributed by atoms with Gasteiger partial charge in [0.25, 0.3) is 0 Å². The average Bonchev–Trinajstić information content (AvgIpc) is 2.87. The summed E-state index contributed by atoms with van der Waals surface area (Å²) in [5.74, 6) is -0.111. The summed E-state index contributed by atoms with van der Waals surface area (Å²) in [4.78, 5) is 24.6. The van der Waals surface area contributed by atoms with E-state index in [9.17, 15) is 14.7 Å². The lowest BCUT2D eigenvalue weighted by molar-refractivity contribution is -0.142. The van der Waals surface area contributed by atoms with E-state index in [-0.39, 0.29) is 5.78 Å². The van der Waals surface area contributed by atoms with Crippen LogP contribution in [-0.2, 0) is 11.3 Å². The number of carboxylic acids is 1. The fourth-order valence-electron chi connectivity index (χ4n) is 2.63. The highest BCUT2D eigenvalue weighted by Crippen LogP contribution is 2.26. The first-order chi connectivity index (χ1) is 9.52. The Morgan fingerprint density at radius 1 is 1.45 bits per heavy atom. The third kappa shape index (κ3) is 2.99. The number of hydrogen-bond donors (Lipinski definition) is 1. The molecule has 20 heavy (non-hydrogen) atoms. The van der Waals surface area contributed by atoms with E-state index in [4.69, 9.17) is 4.74 Å². The summed E-state index contributed by atoms with van der Waals surface area (Å²) >= 11 is 0. The van der Waals surface area contributed by atoms with Crippen LogP contribution in [0.5, 0.6) is 5.75 Å². The lowest BCUT2D eigenvalue weighted by Gasteiger charge is -2.22. The van der Waals surface area contributed by atoms with Crippen LogP contribution < -0.4 is 4.74 Å². The number of likely N-dealkylation sites (tertiary alicyclic amines) is 1. The molecule has 1 fully saturated rings. The van der Waals surface area contributed by atoms with Crippen molar-refractivity contribution in [3.05, 3.63) is 29.3 Å². The first-order valence-corrected chi connectivity index (χ1v) is 6.67. The van der Waals surface area contributed by atoms with Crippen molar-refractivity contribution in [3.8, 4) is 5.75 Å². The molecule has 0 amide bonds. The Bertz CT molecular complexity index is 527. The first-order valence-electron chi connectivity index (χ1n) is 6.67. The maximum atomic E-state index is 11.5. The van der Waals surface area contributed by atoms with Gasteiger partial charge in [-0.3, -0.25) is 14.5 Å². The second-order valence-corrected chi connectivity index (χ2v) is 5.05. The Morgan fingerprint density at radius 3 is 2.80 bits per heavy atom. The minimum absolute atomic E-state index is 0.00916. The molecule has 1 atom stereocenters. The highest BCUT2D eigenvalue weighted by molar-refractivity contribution is 5.94. The third-order valence-corrected chi connectivity index (χ3v) is 3.71.